The summed E-state index contributed by atoms with van der Waals surface area (Å²) in [6.45, 7) is 6.68. The van der Waals surface area contributed by atoms with Crippen LogP contribution in [0.3, 0.4) is 0 Å². The number of hydrogen-bond acceptors (Lipinski definition) is 4. The molecule has 2 rings (SSSR count). The predicted octanol–water partition coefficient (Wildman–Crippen LogP) is 1.58. The highest BCUT2D eigenvalue weighted by Crippen LogP contribution is 2.26. The number of nitrogens with two attached hydrogens (primary N) is 1. The largest absolute Gasteiger partial charge is 0.376 e. The van der Waals surface area contributed by atoms with Gasteiger partial charge in [-0.05, 0) is 25.0 Å². The molecule has 0 saturated carbocycles. The molecular formula is C14H23N3O. The average molecular weight is 249 g/mol. The number of morpholine rings is 1. The molecule has 3 atom stereocenters. The van der Waals surface area contributed by atoms with E-state index < -0.39 is 0 Å². The molecule has 0 spiro atoms. The summed E-state index contributed by atoms with van der Waals surface area (Å²) in [6.07, 6.45) is 5.09. The Morgan fingerprint density at radius 3 is 3.06 bits per heavy atom. The van der Waals surface area contributed by atoms with E-state index in [1.165, 1.54) is 5.56 Å². The van der Waals surface area contributed by atoms with Crippen molar-refractivity contribution < 1.29 is 4.74 Å². The van der Waals surface area contributed by atoms with Gasteiger partial charge in [-0.3, -0.25) is 9.88 Å². The molecule has 4 heteroatoms. The van der Waals surface area contributed by atoms with E-state index in [2.05, 4.69) is 29.8 Å². The van der Waals surface area contributed by atoms with Crippen molar-refractivity contribution in [2.45, 2.75) is 38.5 Å². The van der Waals surface area contributed by atoms with E-state index in [-0.39, 0.29) is 12.1 Å². The van der Waals surface area contributed by atoms with Gasteiger partial charge in [-0.1, -0.05) is 13.0 Å². The first-order valence-corrected chi connectivity index (χ1v) is 6.73. The highest BCUT2D eigenvalue weighted by atomic mass is 16.5. The van der Waals surface area contributed by atoms with E-state index in [1.807, 2.05) is 12.3 Å². The van der Waals surface area contributed by atoms with Crippen molar-refractivity contribution in [2.75, 3.05) is 19.7 Å². The van der Waals surface area contributed by atoms with Crippen molar-refractivity contribution in [1.82, 2.24) is 9.88 Å². The van der Waals surface area contributed by atoms with Crippen LogP contribution in [0.25, 0.3) is 0 Å². The van der Waals surface area contributed by atoms with Crippen molar-refractivity contribution in [3.8, 4) is 0 Å². The van der Waals surface area contributed by atoms with Gasteiger partial charge >= 0.3 is 0 Å². The maximum absolute atomic E-state index is 5.99. The lowest BCUT2D eigenvalue weighted by Gasteiger charge is -2.42. The zero-order valence-electron chi connectivity index (χ0n) is 11.2. The third-order valence-electron chi connectivity index (χ3n) is 3.67. The molecule has 2 N–H and O–H groups in total. The van der Waals surface area contributed by atoms with Gasteiger partial charge in [-0.2, -0.15) is 0 Å². The van der Waals surface area contributed by atoms with Crippen molar-refractivity contribution in [2.24, 2.45) is 5.73 Å². The van der Waals surface area contributed by atoms with Crippen LogP contribution < -0.4 is 5.73 Å². The van der Waals surface area contributed by atoms with Crippen LogP contribution in [-0.4, -0.2) is 41.7 Å². The van der Waals surface area contributed by atoms with Crippen LogP contribution in [0.5, 0.6) is 0 Å². The number of pyridine rings is 1. The fraction of sp³-hybridized carbons (Fsp3) is 0.643. The summed E-state index contributed by atoms with van der Waals surface area (Å²) in [5, 5.41) is 0. The molecule has 1 aromatic heterocycles. The zero-order valence-corrected chi connectivity index (χ0v) is 11.2. The smallest absolute Gasteiger partial charge is 0.0675 e. The van der Waals surface area contributed by atoms with Crippen LogP contribution >= 0.6 is 0 Å². The molecule has 100 valence electrons. The van der Waals surface area contributed by atoms with Crippen molar-refractivity contribution in [3.05, 3.63) is 30.1 Å². The molecule has 1 aliphatic heterocycles. The molecule has 0 aliphatic carbocycles. The molecule has 1 saturated heterocycles. The Labute approximate surface area is 109 Å². The minimum absolute atomic E-state index is 0.245. The van der Waals surface area contributed by atoms with Crippen LogP contribution in [0.4, 0.5) is 0 Å². The molecule has 3 unspecified atom stereocenters. The molecule has 1 fully saturated rings. The Bertz CT molecular complexity index is 357. The maximum Gasteiger partial charge on any atom is 0.0675 e. The first kappa shape index (κ1) is 13.5. The standard InChI is InChI=1S/C14H23N3O/c1-3-13-10-18-11(2)9-17(13)14(7-15)12-5-4-6-16-8-12/h4-6,8,11,13-14H,3,7,9-10,15H2,1-2H3. The number of nitrogens with zero attached hydrogens (tertiary/aromatic N) is 2. The second-order valence-electron chi connectivity index (χ2n) is 4.94. The van der Waals surface area contributed by atoms with Gasteiger partial charge in [0.2, 0.25) is 0 Å². The van der Waals surface area contributed by atoms with Gasteiger partial charge in [0, 0.05) is 37.6 Å². The second-order valence-corrected chi connectivity index (χ2v) is 4.94. The number of rotatable bonds is 4. The van der Waals surface area contributed by atoms with E-state index in [0.717, 1.165) is 19.6 Å². The molecular weight excluding hydrogens is 226 g/mol. The lowest BCUT2D eigenvalue weighted by molar-refractivity contribution is -0.0719. The molecule has 1 aromatic rings. The van der Waals surface area contributed by atoms with Crippen molar-refractivity contribution in [3.63, 3.8) is 0 Å². The predicted molar refractivity (Wildman–Crippen MR) is 72.2 cm³/mol. The lowest BCUT2D eigenvalue weighted by Crippen LogP contribution is -2.51. The first-order valence-electron chi connectivity index (χ1n) is 6.73. The summed E-state index contributed by atoms with van der Waals surface area (Å²) in [4.78, 5) is 6.68. The van der Waals surface area contributed by atoms with Crippen LogP contribution in [0.15, 0.2) is 24.5 Å². The minimum Gasteiger partial charge on any atom is -0.376 e. The summed E-state index contributed by atoms with van der Waals surface area (Å²) in [5.41, 5.74) is 7.19. The van der Waals surface area contributed by atoms with Crippen LogP contribution in [0.2, 0.25) is 0 Å². The molecule has 0 aromatic carbocycles. The highest BCUT2D eigenvalue weighted by molar-refractivity contribution is 5.15. The number of hydrogen-bond donors (Lipinski definition) is 1. The van der Waals surface area contributed by atoms with Gasteiger partial charge in [-0.15, -0.1) is 0 Å². The van der Waals surface area contributed by atoms with Crippen LogP contribution in [0, 0.1) is 0 Å². The Morgan fingerprint density at radius 2 is 2.44 bits per heavy atom. The second kappa shape index (κ2) is 6.27. The quantitative estimate of drug-likeness (QED) is 0.880. The van der Waals surface area contributed by atoms with E-state index >= 15 is 0 Å². The zero-order chi connectivity index (χ0) is 13.0. The molecule has 0 bridgehead atoms. The van der Waals surface area contributed by atoms with Gasteiger partial charge in [0.15, 0.2) is 0 Å². The number of aromatic nitrogens is 1. The lowest BCUT2D eigenvalue weighted by atomic mass is 10.0. The monoisotopic (exact) mass is 249 g/mol. The summed E-state index contributed by atoms with van der Waals surface area (Å²) in [5.74, 6) is 0. The van der Waals surface area contributed by atoms with E-state index in [0.29, 0.717) is 12.6 Å². The van der Waals surface area contributed by atoms with Gasteiger partial charge < -0.3 is 10.5 Å². The SMILES string of the molecule is CCC1COC(C)CN1C(CN)c1cccnc1. The van der Waals surface area contributed by atoms with E-state index in [9.17, 15) is 0 Å². The Morgan fingerprint density at radius 1 is 1.61 bits per heavy atom. The molecule has 2 heterocycles. The third kappa shape index (κ3) is 2.88. The van der Waals surface area contributed by atoms with E-state index in [1.54, 1.807) is 6.20 Å². The van der Waals surface area contributed by atoms with E-state index in [4.69, 9.17) is 10.5 Å². The number of ether oxygens (including phenoxy) is 1. The van der Waals surface area contributed by atoms with Gasteiger partial charge in [0.25, 0.3) is 0 Å². The van der Waals surface area contributed by atoms with Crippen LogP contribution in [-0.2, 0) is 4.74 Å². The summed E-state index contributed by atoms with van der Waals surface area (Å²) >= 11 is 0. The Balaban J connectivity index is 2.19. The van der Waals surface area contributed by atoms with Crippen molar-refractivity contribution in [1.29, 1.82) is 0 Å². The molecule has 0 amide bonds. The van der Waals surface area contributed by atoms with Crippen LogP contribution in [0.1, 0.15) is 31.9 Å². The fourth-order valence-electron chi connectivity index (χ4n) is 2.64. The van der Waals surface area contributed by atoms with Gasteiger partial charge in [-0.25, -0.2) is 0 Å². The average Bonchev–Trinajstić information content (AvgIpc) is 2.41. The first-order chi connectivity index (χ1) is 8.76. The third-order valence-corrected chi connectivity index (χ3v) is 3.67. The highest BCUT2D eigenvalue weighted by Gasteiger charge is 2.31. The molecule has 4 nitrogen and oxygen atoms in total. The normalized spacial score (nSPS) is 27.1. The molecule has 18 heavy (non-hydrogen) atoms. The summed E-state index contributed by atoms with van der Waals surface area (Å²) in [7, 11) is 0. The maximum atomic E-state index is 5.99. The van der Waals surface area contributed by atoms with Gasteiger partial charge in [0.05, 0.1) is 12.7 Å². The summed E-state index contributed by atoms with van der Waals surface area (Å²) < 4.78 is 5.74. The fourth-order valence-corrected chi connectivity index (χ4v) is 2.64. The van der Waals surface area contributed by atoms with Gasteiger partial charge in [0.1, 0.15) is 0 Å². The Kier molecular flexibility index (Phi) is 4.69. The molecule has 1 aliphatic rings. The minimum atomic E-state index is 0.245. The summed E-state index contributed by atoms with van der Waals surface area (Å²) in [6, 6.07) is 4.78. The Hall–Kier alpha value is -0.970. The topological polar surface area (TPSA) is 51.4 Å². The van der Waals surface area contributed by atoms with Crippen molar-refractivity contribution >= 4 is 0 Å². The molecule has 0 radical (unpaired) electrons.